The lowest BCUT2D eigenvalue weighted by atomic mass is 9.92. The second-order valence-corrected chi connectivity index (χ2v) is 4.95. The Hall–Kier alpha value is -1.60. The largest absolute Gasteiger partial charge is 0.493 e. The van der Waals surface area contributed by atoms with E-state index in [-0.39, 0.29) is 0 Å². The summed E-state index contributed by atoms with van der Waals surface area (Å²) in [7, 11) is 0. The number of nitriles is 1. The van der Waals surface area contributed by atoms with E-state index in [1.54, 1.807) is 6.92 Å². The topological polar surface area (TPSA) is 53.2 Å². The standard InChI is InChI=1S/C14H18FNO2/c1-10(17)12-5-4-11(15)8-13(12)18-7-6-14(2,3)9-16/h4-5,8,10,17H,6-7H2,1-3H3. The third-order valence-electron chi connectivity index (χ3n) is 2.71. The van der Waals surface area contributed by atoms with Gasteiger partial charge in [-0.1, -0.05) is 0 Å². The van der Waals surface area contributed by atoms with E-state index >= 15 is 0 Å². The highest BCUT2D eigenvalue weighted by Gasteiger charge is 2.17. The van der Waals surface area contributed by atoms with Crippen molar-refractivity contribution in [3.05, 3.63) is 29.6 Å². The molecule has 0 radical (unpaired) electrons. The molecule has 18 heavy (non-hydrogen) atoms. The summed E-state index contributed by atoms with van der Waals surface area (Å²) in [5.74, 6) is -0.0762. The first kappa shape index (κ1) is 14.5. The van der Waals surface area contributed by atoms with Crippen molar-refractivity contribution in [1.29, 1.82) is 5.26 Å². The van der Waals surface area contributed by atoms with Gasteiger partial charge in [-0.3, -0.25) is 0 Å². The van der Waals surface area contributed by atoms with Crippen LogP contribution in [0.5, 0.6) is 5.75 Å². The molecule has 0 aliphatic rings. The summed E-state index contributed by atoms with van der Waals surface area (Å²) in [6, 6.07) is 6.21. The van der Waals surface area contributed by atoms with E-state index in [0.29, 0.717) is 24.3 Å². The molecule has 0 aliphatic heterocycles. The second kappa shape index (κ2) is 5.83. The van der Waals surface area contributed by atoms with Crippen molar-refractivity contribution in [1.82, 2.24) is 0 Å². The van der Waals surface area contributed by atoms with E-state index in [4.69, 9.17) is 10.00 Å². The number of aliphatic hydroxyl groups excluding tert-OH is 1. The molecule has 4 heteroatoms. The maximum atomic E-state index is 13.1. The van der Waals surface area contributed by atoms with E-state index in [1.165, 1.54) is 18.2 Å². The molecule has 1 atom stereocenters. The van der Waals surface area contributed by atoms with Gasteiger partial charge in [-0.15, -0.1) is 0 Å². The third kappa shape index (κ3) is 4.01. The van der Waals surface area contributed by atoms with Crippen molar-refractivity contribution >= 4 is 0 Å². The molecule has 0 fully saturated rings. The Morgan fingerprint density at radius 3 is 2.72 bits per heavy atom. The van der Waals surface area contributed by atoms with Crippen molar-refractivity contribution in [3.8, 4) is 11.8 Å². The van der Waals surface area contributed by atoms with Crippen LogP contribution in [0, 0.1) is 22.6 Å². The summed E-state index contributed by atoms with van der Waals surface area (Å²) < 4.78 is 18.6. The van der Waals surface area contributed by atoms with Gasteiger partial charge in [0.2, 0.25) is 0 Å². The molecule has 3 nitrogen and oxygen atoms in total. The molecule has 0 bridgehead atoms. The van der Waals surface area contributed by atoms with E-state index < -0.39 is 17.3 Å². The molecule has 0 spiro atoms. The number of hydrogen-bond donors (Lipinski definition) is 1. The van der Waals surface area contributed by atoms with Crippen LogP contribution in [-0.2, 0) is 0 Å². The van der Waals surface area contributed by atoms with Crippen LogP contribution in [0.4, 0.5) is 4.39 Å². The van der Waals surface area contributed by atoms with Crippen LogP contribution in [0.15, 0.2) is 18.2 Å². The lowest BCUT2D eigenvalue weighted by Crippen LogP contribution is -2.14. The van der Waals surface area contributed by atoms with Crippen molar-refractivity contribution in [3.63, 3.8) is 0 Å². The SMILES string of the molecule is CC(O)c1ccc(F)cc1OCCC(C)(C)C#N. The summed E-state index contributed by atoms with van der Waals surface area (Å²) >= 11 is 0. The summed E-state index contributed by atoms with van der Waals surface area (Å²) in [6.45, 7) is 5.54. The zero-order chi connectivity index (χ0) is 13.8. The fourth-order valence-corrected chi connectivity index (χ4v) is 1.45. The summed E-state index contributed by atoms with van der Waals surface area (Å²) in [5.41, 5.74) is 0.0735. The maximum Gasteiger partial charge on any atom is 0.127 e. The number of halogens is 1. The van der Waals surface area contributed by atoms with Gasteiger partial charge in [0.15, 0.2) is 0 Å². The van der Waals surface area contributed by atoms with Gasteiger partial charge in [0.05, 0.1) is 24.2 Å². The molecule has 0 heterocycles. The minimum absolute atomic E-state index is 0.309. The number of rotatable bonds is 5. The number of benzene rings is 1. The van der Waals surface area contributed by atoms with Crippen LogP contribution in [0.3, 0.4) is 0 Å². The molecule has 0 amide bonds. The predicted molar refractivity (Wildman–Crippen MR) is 66.5 cm³/mol. The average Bonchev–Trinajstić information content (AvgIpc) is 2.28. The summed E-state index contributed by atoms with van der Waals surface area (Å²) in [4.78, 5) is 0. The molecule has 1 unspecified atom stereocenters. The molecular formula is C14H18FNO2. The van der Waals surface area contributed by atoms with Gasteiger partial charge in [-0.05, 0) is 39.3 Å². The predicted octanol–water partition coefficient (Wildman–Crippen LogP) is 3.20. The molecular weight excluding hydrogens is 233 g/mol. The average molecular weight is 251 g/mol. The molecule has 0 aromatic heterocycles. The van der Waals surface area contributed by atoms with Crippen LogP contribution in [0.1, 0.15) is 38.9 Å². The maximum absolute atomic E-state index is 13.1. The first-order valence-electron chi connectivity index (χ1n) is 5.87. The number of nitrogens with zero attached hydrogens (tertiary/aromatic N) is 1. The van der Waals surface area contributed by atoms with Crippen molar-refractivity contribution in [2.75, 3.05) is 6.61 Å². The second-order valence-electron chi connectivity index (χ2n) is 4.95. The Morgan fingerprint density at radius 2 is 2.17 bits per heavy atom. The van der Waals surface area contributed by atoms with Gasteiger partial charge in [-0.25, -0.2) is 4.39 Å². The lowest BCUT2D eigenvalue weighted by Gasteiger charge is -2.17. The Balaban J connectivity index is 2.73. The molecule has 1 aromatic rings. The normalized spacial score (nSPS) is 12.9. The quantitative estimate of drug-likeness (QED) is 0.874. The Bertz CT molecular complexity index is 450. The van der Waals surface area contributed by atoms with Gasteiger partial charge in [0.1, 0.15) is 11.6 Å². The summed E-state index contributed by atoms with van der Waals surface area (Å²) in [6.07, 6.45) is -0.177. The minimum atomic E-state index is -0.718. The minimum Gasteiger partial charge on any atom is -0.493 e. The lowest BCUT2D eigenvalue weighted by molar-refractivity contribution is 0.188. The first-order chi connectivity index (χ1) is 8.35. The third-order valence-corrected chi connectivity index (χ3v) is 2.71. The Labute approximate surface area is 107 Å². The van der Waals surface area contributed by atoms with Crippen LogP contribution >= 0.6 is 0 Å². The van der Waals surface area contributed by atoms with Crippen LogP contribution < -0.4 is 4.74 Å². The van der Waals surface area contributed by atoms with E-state index in [2.05, 4.69) is 6.07 Å². The van der Waals surface area contributed by atoms with Crippen LogP contribution in [0.2, 0.25) is 0 Å². The monoisotopic (exact) mass is 251 g/mol. The smallest absolute Gasteiger partial charge is 0.127 e. The Morgan fingerprint density at radius 1 is 1.50 bits per heavy atom. The van der Waals surface area contributed by atoms with E-state index in [1.807, 2.05) is 13.8 Å². The number of ether oxygens (including phenoxy) is 1. The highest BCUT2D eigenvalue weighted by Crippen LogP contribution is 2.27. The van der Waals surface area contributed by atoms with Crippen molar-refractivity contribution in [2.45, 2.75) is 33.3 Å². The van der Waals surface area contributed by atoms with E-state index in [9.17, 15) is 9.50 Å². The van der Waals surface area contributed by atoms with Crippen LogP contribution in [-0.4, -0.2) is 11.7 Å². The Kier molecular flexibility index (Phi) is 4.69. The fourth-order valence-electron chi connectivity index (χ4n) is 1.45. The van der Waals surface area contributed by atoms with Gasteiger partial charge >= 0.3 is 0 Å². The molecule has 1 N–H and O–H groups in total. The summed E-state index contributed by atoms with van der Waals surface area (Å²) in [5, 5.41) is 18.4. The van der Waals surface area contributed by atoms with Gasteiger partial charge in [0, 0.05) is 11.6 Å². The van der Waals surface area contributed by atoms with Crippen molar-refractivity contribution < 1.29 is 14.2 Å². The number of hydrogen-bond acceptors (Lipinski definition) is 3. The van der Waals surface area contributed by atoms with E-state index in [0.717, 1.165) is 0 Å². The zero-order valence-electron chi connectivity index (χ0n) is 10.9. The highest BCUT2D eigenvalue weighted by molar-refractivity contribution is 5.35. The van der Waals surface area contributed by atoms with Crippen LogP contribution in [0.25, 0.3) is 0 Å². The van der Waals surface area contributed by atoms with Gasteiger partial charge < -0.3 is 9.84 Å². The first-order valence-corrected chi connectivity index (χ1v) is 5.87. The fraction of sp³-hybridized carbons (Fsp3) is 0.500. The zero-order valence-corrected chi connectivity index (χ0v) is 10.9. The number of aliphatic hydroxyl groups is 1. The molecule has 0 saturated carbocycles. The van der Waals surface area contributed by atoms with Gasteiger partial charge in [0.25, 0.3) is 0 Å². The molecule has 0 aliphatic carbocycles. The van der Waals surface area contributed by atoms with Gasteiger partial charge in [-0.2, -0.15) is 5.26 Å². The molecule has 98 valence electrons. The molecule has 0 saturated heterocycles. The highest BCUT2D eigenvalue weighted by atomic mass is 19.1. The molecule has 1 aromatic carbocycles. The van der Waals surface area contributed by atoms with Crippen molar-refractivity contribution in [2.24, 2.45) is 5.41 Å². The molecule has 1 rings (SSSR count).